The third-order valence-corrected chi connectivity index (χ3v) is 4.28. The van der Waals surface area contributed by atoms with Crippen LogP contribution in [-0.2, 0) is 6.42 Å². The summed E-state index contributed by atoms with van der Waals surface area (Å²) in [5.74, 6) is 0. The minimum atomic E-state index is -0.802. The van der Waals surface area contributed by atoms with Crippen LogP contribution in [0.15, 0.2) is 28.7 Å². The molecule has 20 heavy (non-hydrogen) atoms. The number of carboxylic acid groups (broad SMARTS) is 1. The fraction of sp³-hybridized carbons (Fsp3) is 0.562. The van der Waals surface area contributed by atoms with Crippen LogP contribution < -0.4 is 0 Å². The van der Waals surface area contributed by atoms with Gasteiger partial charge in [0.05, 0.1) is 0 Å². The Morgan fingerprint density at radius 3 is 2.35 bits per heavy atom. The van der Waals surface area contributed by atoms with Crippen molar-refractivity contribution in [2.24, 2.45) is 0 Å². The number of amides is 1. The molecule has 112 valence electrons. The van der Waals surface area contributed by atoms with Crippen molar-refractivity contribution >= 4 is 22.0 Å². The van der Waals surface area contributed by atoms with Crippen LogP contribution >= 0.6 is 15.9 Å². The first-order valence-corrected chi connectivity index (χ1v) is 8.12. The van der Waals surface area contributed by atoms with Gasteiger partial charge in [0.2, 0.25) is 0 Å². The molecular formula is C16H24BrNO2. The molecule has 1 aromatic rings. The molecule has 0 saturated heterocycles. The molecule has 0 saturated carbocycles. The van der Waals surface area contributed by atoms with Crippen LogP contribution in [0.1, 0.15) is 45.1 Å². The van der Waals surface area contributed by atoms with Gasteiger partial charge in [-0.2, -0.15) is 0 Å². The SMILES string of the molecule is CCCC(CCC)N(CCc1ccccc1Br)C(=O)O. The molecule has 0 aromatic heterocycles. The number of carbonyl (C=O) groups is 1. The Hall–Kier alpha value is -1.03. The van der Waals surface area contributed by atoms with Crippen molar-refractivity contribution in [1.82, 2.24) is 4.90 Å². The summed E-state index contributed by atoms with van der Waals surface area (Å²) in [5, 5.41) is 9.46. The summed E-state index contributed by atoms with van der Waals surface area (Å²) in [6.07, 6.45) is 3.86. The van der Waals surface area contributed by atoms with Crippen molar-refractivity contribution in [3.63, 3.8) is 0 Å². The maximum Gasteiger partial charge on any atom is 0.407 e. The standard InChI is InChI=1S/C16H24BrNO2/c1-3-7-14(8-4-2)18(16(19)20)12-11-13-9-5-6-10-15(13)17/h5-6,9-10,14H,3-4,7-8,11-12H2,1-2H3,(H,19,20). The number of hydrogen-bond donors (Lipinski definition) is 1. The molecule has 3 nitrogen and oxygen atoms in total. The van der Waals surface area contributed by atoms with Crippen molar-refractivity contribution < 1.29 is 9.90 Å². The lowest BCUT2D eigenvalue weighted by atomic mass is 10.0. The van der Waals surface area contributed by atoms with E-state index in [4.69, 9.17) is 0 Å². The molecule has 4 heteroatoms. The summed E-state index contributed by atoms with van der Waals surface area (Å²) in [7, 11) is 0. The molecule has 0 atom stereocenters. The predicted molar refractivity (Wildman–Crippen MR) is 86.2 cm³/mol. The van der Waals surface area contributed by atoms with E-state index in [1.165, 1.54) is 0 Å². The lowest BCUT2D eigenvalue weighted by molar-refractivity contribution is 0.118. The van der Waals surface area contributed by atoms with Crippen LogP contribution in [0, 0.1) is 0 Å². The molecule has 0 aliphatic rings. The van der Waals surface area contributed by atoms with Crippen LogP contribution in [-0.4, -0.2) is 28.7 Å². The van der Waals surface area contributed by atoms with Gasteiger partial charge in [0, 0.05) is 17.1 Å². The minimum Gasteiger partial charge on any atom is -0.465 e. The van der Waals surface area contributed by atoms with Gasteiger partial charge in [0.15, 0.2) is 0 Å². The average molecular weight is 342 g/mol. The second-order valence-corrected chi connectivity index (χ2v) is 5.90. The Balaban J connectivity index is 2.71. The van der Waals surface area contributed by atoms with E-state index in [0.29, 0.717) is 6.54 Å². The monoisotopic (exact) mass is 341 g/mol. The number of nitrogens with zero attached hydrogens (tertiary/aromatic N) is 1. The molecule has 0 aliphatic heterocycles. The van der Waals surface area contributed by atoms with Crippen molar-refractivity contribution in [1.29, 1.82) is 0 Å². The second kappa shape index (κ2) is 9.01. The van der Waals surface area contributed by atoms with Crippen molar-refractivity contribution in [3.8, 4) is 0 Å². The fourth-order valence-electron chi connectivity index (χ4n) is 2.50. The van der Waals surface area contributed by atoms with E-state index < -0.39 is 6.09 Å². The number of halogens is 1. The third-order valence-electron chi connectivity index (χ3n) is 3.51. The van der Waals surface area contributed by atoms with E-state index in [0.717, 1.165) is 42.1 Å². The Labute approximate surface area is 130 Å². The summed E-state index contributed by atoms with van der Waals surface area (Å²) in [5.41, 5.74) is 1.16. The van der Waals surface area contributed by atoms with Crippen LogP contribution in [0.3, 0.4) is 0 Å². The highest BCUT2D eigenvalue weighted by Gasteiger charge is 2.21. The Kier molecular flexibility index (Phi) is 7.67. The van der Waals surface area contributed by atoms with E-state index in [1.807, 2.05) is 24.3 Å². The number of benzene rings is 1. The van der Waals surface area contributed by atoms with E-state index in [1.54, 1.807) is 4.90 Å². The molecule has 0 fully saturated rings. The summed E-state index contributed by atoms with van der Waals surface area (Å²) in [6, 6.07) is 8.14. The van der Waals surface area contributed by atoms with E-state index in [-0.39, 0.29) is 6.04 Å². The van der Waals surface area contributed by atoms with Gasteiger partial charge in [-0.05, 0) is 30.9 Å². The predicted octanol–water partition coefficient (Wildman–Crippen LogP) is 4.94. The smallest absolute Gasteiger partial charge is 0.407 e. The van der Waals surface area contributed by atoms with Crippen molar-refractivity contribution in [2.75, 3.05) is 6.54 Å². The second-order valence-electron chi connectivity index (χ2n) is 5.05. The summed E-state index contributed by atoms with van der Waals surface area (Å²) < 4.78 is 1.05. The van der Waals surface area contributed by atoms with Gasteiger partial charge in [-0.25, -0.2) is 4.79 Å². The largest absolute Gasteiger partial charge is 0.465 e. The molecule has 0 radical (unpaired) electrons. The van der Waals surface area contributed by atoms with Gasteiger partial charge in [0.25, 0.3) is 0 Å². The van der Waals surface area contributed by atoms with Gasteiger partial charge >= 0.3 is 6.09 Å². The van der Waals surface area contributed by atoms with E-state index in [2.05, 4.69) is 29.8 Å². The first-order chi connectivity index (χ1) is 9.60. The average Bonchev–Trinajstić information content (AvgIpc) is 2.41. The molecule has 1 rings (SSSR count). The summed E-state index contributed by atoms with van der Waals surface area (Å²) in [6.45, 7) is 4.77. The fourth-order valence-corrected chi connectivity index (χ4v) is 2.98. The number of rotatable bonds is 8. The quantitative estimate of drug-likeness (QED) is 0.727. The van der Waals surface area contributed by atoms with Crippen LogP contribution in [0.25, 0.3) is 0 Å². The highest BCUT2D eigenvalue weighted by Crippen LogP contribution is 2.19. The third kappa shape index (κ3) is 5.16. The van der Waals surface area contributed by atoms with Gasteiger partial charge in [-0.3, -0.25) is 0 Å². The van der Waals surface area contributed by atoms with Gasteiger partial charge in [-0.15, -0.1) is 0 Å². The van der Waals surface area contributed by atoms with Crippen molar-refractivity contribution in [2.45, 2.75) is 52.0 Å². The lowest BCUT2D eigenvalue weighted by Gasteiger charge is -2.29. The lowest BCUT2D eigenvalue weighted by Crippen LogP contribution is -2.40. The zero-order chi connectivity index (χ0) is 15.0. The Morgan fingerprint density at radius 1 is 1.25 bits per heavy atom. The first kappa shape index (κ1) is 17.0. The molecule has 0 heterocycles. The van der Waals surface area contributed by atoms with E-state index in [9.17, 15) is 9.90 Å². The Bertz CT molecular complexity index is 417. The molecule has 0 bridgehead atoms. The molecule has 0 spiro atoms. The highest BCUT2D eigenvalue weighted by molar-refractivity contribution is 9.10. The van der Waals surface area contributed by atoms with Gasteiger partial charge in [-0.1, -0.05) is 60.8 Å². The first-order valence-electron chi connectivity index (χ1n) is 7.33. The molecule has 0 aliphatic carbocycles. The van der Waals surface area contributed by atoms with E-state index >= 15 is 0 Å². The topological polar surface area (TPSA) is 40.5 Å². The van der Waals surface area contributed by atoms with Crippen LogP contribution in [0.4, 0.5) is 4.79 Å². The van der Waals surface area contributed by atoms with Crippen molar-refractivity contribution in [3.05, 3.63) is 34.3 Å². The maximum absolute atomic E-state index is 11.5. The van der Waals surface area contributed by atoms with Crippen LogP contribution in [0.2, 0.25) is 0 Å². The minimum absolute atomic E-state index is 0.144. The summed E-state index contributed by atoms with van der Waals surface area (Å²) in [4.78, 5) is 13.1. The number of hydrogen-bond acceptors (Lipinski definition) is 1. The molecular weight excluding hydrogens is 318 g/mol. The van der Waals surface area contributed by atoms with Gasteiger partial charge in [0.1, 0.15) is 0 Å². The zero-order valence-electron chi connectivity index (χ0n) is 12.3. The molecule has 1 aromatic carbocycles. The molecule has 1 amide bonds. The normalized spacial score (nSPS) is 10.8. The molecule has 1 N–H and O–H groups in total. The zero-order valence-corrected chi connectivity index (χ0v) is 13.9. The molecule has 0 unspecified atom stereocenters. The summed E-state index contributed by atoms with van der Waals surface area (Å²) >= 11 is 3.52. The maximum atomic E-state index is 11.5. The van der Waals surface area contributed by atoms with Gasteiger partial charge < -0.3 is 10.0 Å². The Morgan fingerprint density at radius 2 is 1.85 bits per heavy atom. The highest BCUT2D eigenvalue weighted by atomic mass is 79.9. The van der Waals surface area contributed by atoms with Crippen LogP contribution in [0.5, 0.6) is 0 Å².